The number of anilines is 1. The van der Waals surface area contributed by atoms with Crippen molar-refractivity contribution in [2.75, 3.05) is 25.0 Å². The standard InChI is InChI=1S/C14H20F2N2O2S/c15-14(16)21(19,20)13-6-2-1-5-12(13)18-9-7-11-4-3-8-17-10-11/h1-2,5-6,11,14,17-18H,3-4,7-10H2. The molecule has 118 valence electrons. The Morgan fingerprint density at radius 2 is 2.10 bits per heavy atom. The van der Waals surface area contributed by atoms with Gasteiger partial charge in [0.25, 0.3) is 0 Å². The van der Waals surface area contributed by atoms with E-state index in [1.165, 1.54) is 18.2 Å². The van der Waals surface area contributed by atoms with Gasteiger partial charge in [0, 0.05) is 6.54 Å². The number of sulfone groups is 1. The molecule has 0 saturated carbocycles. The van der Waals surface area contributed by atoms with Gasteiger partial charge in [0.15, 0.2) is 0 Å². The van der Waals surface area contributed by atoms with Crippen LogP contribution >= 0.6 is 0 Å². The van der Waals surface area contributed by atoms with Crippen molar-refractivity contribution in [1.29, 1.82) is 0 Å². The molecule has 0 aromatic heterocycles. The lowest BCUT2D eigenvalue weighted by molar-refractivity contribution is 0.235. The monoisotopic (exact) mass is 318 g/mol. The Balaban J connectivity index is 2.00. The smallest absolute Gasteiger partial charge is 0.341 e. The maximum absolute atomic E-state index is 12.7. The van der Waals surface area contributed by atoms with E-state index in [9.17, 15) is 17.2 Å². The first-order valence-corrected chi connectivity index (χ1v) is 8.62. The van der Waals surface area contributed by atoms with Crippen molar-refractivity contribution in [3.63, 3.8) is 0 Å². The number of alkyl halides is 2. The van der Waals surface area contributed by atoms with Crippen molar-refractivity contribution in [2.24, 2.45) is 5.92 Å². The van der Waals surface area contributed by atoms with Crippen LogP contribution in [-0.2, 0) is 9.84 Å². The normalized spacial score (nSPS) is 19.7. The molecule has 1 saturated heterocycles. The summed E-state index contributed by atoms with van der Waals surface area (Å²) in [5.41, 5.74) is 0.251. The fraction of sp³-hybridized carbons (Fsp3) is 0.571. The van der Waals surface area contributed by atoms with E-state index >= 15 is 0 Å². The molecule has 1 fully saturated rings. The highest BCUT2D eigenvalue weighted by Gasteiger charge is 2.28. The highest BCUT2D eigenvalue weighted by atomic mass is 32.2. The van der Waals surface area contributed by atoms with Crippen LogP contribution in [0.15, 0.2) is 29.2 Å². The van der Waals surface area contributed by atoms with Gasteiger partial charge in [-0.25, -0.2) is 8.42 Å². The van der Waals surface area contributed by atoms with Crippen molar-refractivity contribution in [3.05, 3.63) is 24.3 Å². The van der Waals surface area contributed by atoms with Crippen LogP contribution < -0.4 is 10.6 Å². The molecular weight excluding hydrogens is 298 g/mol. The van der Waals surface area contributed by atoms with Gasteiger partial charge in [-0.15, -0.1) is 0 Å². The molecule has 1 heterocycles. The lowest BCUT2D eigenvalue weighted by Crippen LogP contribution is -2.30. The van der Waals surface area contributed by atoms with Crippen LogP contribution in [0.2, 0.25) is 0 Å². The number of para-hydroxylation sites is 1. The predicted octanol–water partition coefficient (Wildman–Crippen LogP) is 2.48. The van der Waals surface area contributed by atoms with Gasteiger partial charge in [0.1, 0.15) is 0 Å². The minimum absolute atomic E-state index is 0.251. The highest BCUT2D eigenvalue weighted by Crippen LogP contribution is 2.26. The van der Waals surface area contributed by atoms with Crippen molar-refractivity contribution in [1.82, 2.24) is 5.32 Å². The van der Waals surface area contributed by atoms with Gasteiger partial charge in [-0.2, -0.15) is 8.78 Å². The van der Waals surface area contributed by atoms with E-state index in [0.29, 0.717) is 12.5 Å². The van der Waals surface area contributed by atoms with Gasteiger partial charge in [0.2, 0.25) is 9.84 Å². The van der Waals surface area contributed by atoms with Gasteiger partial charge in [-0.3, -0.25) is 0 Å². The molecule has 21 heavy (non-hydrogen) atoms. The summed E-state index contributed by atoms with van der Waals surface area (Å²) in [6.45, 7) is 2.57. The molecule has 1 atom stereocenters. The summed E-state index contributed by atoms with van der Waals surface area (Å²) in [4.78, 5) is -0.332. The molecule has 1 aromatic rings. The molecule has 0 radical (unpaired) electrons. The van der Waals surface area contributed by atoms with Crippen LogP contribution in [-0.4, -0.2) is 33.8 Å². The first-order chi connectivity index (χ1) is 10.0. The lowest BCUT2D eigenvalue weighted by Gasteiger charge is -2.23. The Hall–Kier alpha value is -1.21. The topological polar surface area (TPSA) is 58.2 Å². The summed E-state index contributed by atoms with van der Waals surface area (Å²) in [6.07, 6.45) is 3.17. The van der Waals surface area contributed by atoms with Crippen LogP contribution in [0.25, 0.3) is 0 Å². The van der Waals surface area contributed by atoms with E-state index in [1.807, 2.05) is 0 Å². The minimum Gasteiger partial charge on any atom is -0.384 e. The number of halogens is 2. The van der Waals surface area contributed by atoms with Crippen molar-refractivity contribution in [3.8, 4) is 0 Å². The fourth-order valence-corrected chi connectivity index (χ4v) is 3.45. The Bertz CT molecular complexity index is 558. The average Bonchev–Trinajstić information content (AvgIpc) is 2.48. The molecule has 2 rings (SSSR count). The molecule has 0 aliphatic carbocycles. The molecule has 2 N–H and O–H groups in total. The molecule has 4 nitrogen and oxygen atoms in total. The van der Waals surface area contributed by atoms with E-state index in [1.54, 1.807) is 6.07 Å². The minimum atomic E-state index is -4.57. The van der Waals surface area contributed by atoms with Crippen LogP contribution in [0.5, 0.6) is 0 Å². The van der Waals surface area contributed by atoms with Crippen LogP contribution in [0.1, 0.15) is 19.3 Å². The highest BCUT2D eigenvalue weighted by molar-refractivity contribution is 7.91. The largest absolute Gasteiger partial charge is 0.384 e. The Kier molecular flexibility index (Phi) is 5.52. The van der Waals surface area contributed by atoms with E-state index < -0.39 is 15.6 Å². The Morgan fingerprint density at radius 3 is 2.76 bits per heavy atom. The summed E-state index contributed by atoms with van der Waals surface area (Å²) in [5.74, 6) is -2.85. The van der Waals surface area contributed by atoms with Crippen LogP contribution in [0.4, 0.5) is 14.5 Å². The Morgan fingerprint density at radius 1 is 1.33 bits per heavy atom. The zero-order chi connectivity index (χ0) is 15.3. The van der Waals surface area contributed by atoms with Gasteiger partial charge in [-0.1, -0.05) is 12.1 Å². The van der Waals surface area contributed by atoms with Crippen molar-refractivity contribution >= 4 is 15.5 Å². The van der Waals surface area contributed by atoms with Gasteiger partial charge >= 0.3 is 5.76 Å². The number of piperidine rings is 1. The molecule has 1 aliphatic heterocycles. The summed E-state index contributed by atoms with van der Waals surface area (Å²) < 4.78 is 48.6. The molecule has 0 bridgehead atoms. The molecular formula is C14H20F2N2O2S. The number of hydrogen-bond donors (Lipinski definition) is 2. The third-order valence-electron chi connectivity index (χ3n) is 3.70. The second kappa shape index (κ2) is 7.17. The van der Waals surface area contributed by atoms with Gasteiger partial charge < -0.3 is 10.6 Å². The third-order valence-corrected chi connectivity index (χ3v) is 5.13. The first kappa shape index (κ1) is 16.2. The number of hydrogen-bond acceptors (Lipinski definition) is 4. The zero-order valence-electron chi connectivity index (χ0n) is 11.7. The zero-order valence-corrected chi connectivity index (χ0v) is 12.5. The Labute approximate surface area is 123 Å². The first-order valence-electron chi connectivity index (χ1n) is 7.07. The molecule has 1 aromatic carbocycles. The average molecular weight is 318 g/mol. The fourth-order valence-electron chi connectivity index (χ4n) is 2.54. The summed E-state index contributed by atoms with van der Waals surface area (Å²) in [6, 6.07) is 5.82. The molecule has 1 aliphatic rings. The third kappa shape index (κ3) is 4.14. The maximum atomic E-state index is 12.7. The van der Waals surface area contributed by atoms with Gasteiger partial charge in [0.05, 0.1) is 10.6 Å². The number of rotatable bonds is 6. The van der Waals surface area contributed by atoms with E-state index in [-0.39, 0.29) is 10.6 Å². The predicted molar refractivity (Wildman–Crippen MR) is 78.3 cm³/mol. The molecule has 1 unspecified atom stereocenters. The number of benzene rings is 1. The number of nitrogens with one attached hydrogen (secondary N) is 2. The second-order valence-electron chi connectivity index (χ2n) is 5.23. The van der Waals surface area contributed by atoms with Gasteiger partial charge in [-0.05, 0) is 50.4 Å². The van der Waals surface area contributed by atoms with Crippen molar-refractivity contribution in [2.45, 2.75) is 29.9 Å². The molecule has 0 spiro atoms. The van der Waals surface area contributed by atoms with E-state index in [2.05, 4.69) is 10.6 Å². The van der Waals surface area contributed by atoms with Crippen molar-refractivity contribution < 1.29 is 17.2 Å². The summed E-state index contributed by atoms with van der Waals surface area (Å²) in [5, 5.41) is 6.29. The summed E-state index contributed by atoms with van der Waals surface area (Å²) in [7, 11) is -4.57. The summed E-state index contributed by atoms with van der Waals surface area (Å²) >= 11 is 0. The quantitative estimate of drug-likeness (QED) is 0.846. The maximum Gasteiger partial charge on any atom is 0.341 e. The lowest BCUT2D eigenvalue weighted by atomic mass is 9.96. The molecule has 7 heteroatoms. The SMILES string of the molecule is O=S(=O)(c1ccccc1NCCC1CCCNC1)C(F)F. The van der Waals surface area contributed by atoms with Crippen LogP contribution in [0, 0.1) is 5.92 Å². The van der Waals surface area contributed by atoms with Crippen LogP contribution in [0.3, 0.4) is 0 Å². The van der Waals surface area contributed by atoms with E-state index in [4.69, 9.17) is 0 Å². The second-order valence-corrected chi connectivity index (χ2v) is 7.12. The molecule has 0 amide bonds. The van der Waals surface area contributed by atoms with E-state index in [0.717, 1.165) is 32.4 Å².